The summed E-state index contributed by atoms with van der Waals surface area (Å²) in [6.45, 7) is 4.48. The Morgan fingerprint density at radius 1 is 1.39 bits per heavy atom. The van der Waals surface area contributed by atoms with E-state index in [0.717, 1.165) is 25.2 Å². The quantitative estimate of drug-likeness (QED) is 0.777. The molecule has 1 saturated heterocycles. The summed E-state index contributed by atoms with van der Waals surface area (Å²) in [4.78, 5) is 30.7. The zero-order valence-electron chi connectivity index (χ0n) is 16.1. The number of methoxy groups -OCH3 is 1. The lowest BCUT2D eigenvalue weighted by molar-refractivity contribution is -0.119. The fourth-order valence-electron chi connectivity index (χ4n) is 4.51. The van der Waals surface area contributed by atoms with Crippen LogP contribution in [-0.4, -0.2) is 52.3 Å². The molecular weight excluding hydrogens is 362 g/mol. The zero-order chi connectivity index (χ0) is 19.7. The molecule has 2 aliphatic heterocycles. The SMILES string of the molecule is COCc1noc(CN2C[C@H]3C[C@@H](C2)[C@H](CNC(C)=O)n2c3cccc2=O)n1. The molecule has 4 heterocycles. The number of nitrogens with zero attached hydrogens (tertiary/aromatic N) is 4. The number of likely N-dealkylation sites (tertiary alicyclic amines) is 1. The number of aromatic nitrogens is 3. The summed E-state index contributed by atoms with van der Waals surface area (Å²) in [5, 5.41) is 6.82. The molecule has 0 unspecified atom stereocenters. The molecule has 1 amide bonds. The van der Waals surface area contributed by atoms with Crippen molar-refractivity contribution in [2.24, 2.45) is 5.92 Å². The predicted octanol–water partition coefficient (Wildman–Crippen LogP) is 0.674. The number of rotatable bonds is 6. The van der Waals surface area contributed by atoms with Gasteiger partial charge in [0.25, 0.3) is 5.56 Å². The van der Waals surface area contributed by atoms with Crippen molar-refractivity contribution in [3.05, 3.63) is 46.0 Å². The molecule has 0 saturated carbocycles. The van der Waals surface area contributed by atoms with Crippen LogP contribution in [-0.2, 0) is 22.7 Å². The summed E-state index contributed by atoms with van der Waals surface area (Å²) in [6.07, 6.45) is 1.00. The minimum absolute atomic E-state index is 0.00268. The Bertz CT molecular complexity index is 908. The van der Waals surface area contributed by atoms with Crippen LogP contribution in [0.2, 0.25) is 0 Å². The number of amides is 1. The maximum Gasteiger partial charge on any atom is 0.251 e. The second kappa shape index (κ2) is 7.84. The van der Waals surface area contributed by atoms with E-state index in [1.54, 1.807) is 13.2 Å². The second-order valence-corrected chi connectivity index (χ2v) is 7.59. The number of pyridine rings is 1. The molecule has 1 N–H and O–H groups in total. The summed E-state index contributed by atoms with van der Waals surface area (Å²) in [5.74, 6) is 1.55. The van der Waals surface area contributed by atoms with E-state index in [-0.39, 0.29) is 29.3 Å². The molecule has 2 bridgehead atoms. The third kappa shape index (κ3) is 3.72. The molecule has 28 heavy (non-hydrogen) atoms. The number of carbonyl (C=O) groups is 1. The average molecular weight is 387 g/mol. The van der Waals surface area contributed by atoms with Crippen LogP contribution in [0.1, 0.15) is 42.7 Å². The minimum atomic E-state index is -0.0862. The smallest absolute Gasteiger partial charge is 0.251 e. The summed E-state index contributed by atoms with van der Waals surface area (Å²) < 4.78 is 12.3. The number of ether oxygens (including phenoxy) is 1. The first-order valence-electron chi connectivity index (χ1n) is 9.53. The van der Waals surface area contributed by atoms with Gasteiger partial charge in [-0.05, 0) is 18.4 Å². The molecule has 2 aromatic heterocycles. The fraction of sp³-hybridized carbons (Fsp3) is 0.579. The van der Waals surface area contributed by atoms with E-state index in [2.05, 4.69) is 20.4 Å². The fourth-order valence-corrected chi connectivity index (χ4v) is 4.51. The Morgan fingerprint density at radius 2 is 2.25 bits per heavy atom. The lowest BCUT2D eigenvalue weighted by Gasteiger charge is -2.46. The molecule has 2 aromatic rings. The van der Waals surface area contributed by atoms with Gasteiger partial charge in [-0.3, -0.25) is 14.5 Å². The molecule has 2 aliphatic rings. The van der Waals surface area contributed by atoms with Crippen LogP contribution in [0, 0.1) is 5.92 Å². The Morgan fingerprint density at radius 3 is 3.04 bits per heavy atom. The third-order valence-electron chi connectivity index (χ3n) is 5.58. The monoisotopic (exact) mass is 387 g/mol. The van der Waals surface area contributed by atoms with E-state index in [0.29, 0.717) is 31.4 Å². The molecule has 9 heteroatoms. The van der Waals surface area contributed by atoms with E-state index in [1.807, 2.05) is 16.7 Å². The molecule has 4 rings (SSSR count). The highest BCUT2D eigenvalue weighted by Crippen LogP contribution is 2.41. The molecule has 0 radical (unpaired) electrons. The van der Waals surface area contributed by atoms with E-state index >= 15 is 0 Å². The van der Waals surface area contributed by atoms with Crippen molar-refractivity contribution < 1.29 is 14.1 Å². The number of piperidine rings is 1. The number of fused-ring (bicyclic) bond motifs is 4. The molecule has 0 spiro atoms. The maximum atomic E-state index is 12.6. The van der Waals surface area contributed by atoms with Gasteiger partial charge in [-0.1, -0.05) is 11.2 Å². The van der Waals surface area contributed by atoms with E-state index in [9.17, 15) is 9.59 Å². The van der Waals surface area contributed by atoms with Crippen LogP contribution in [0.5, 0.6) is 0 Å². The van der Waals surface area contributed by atoms with Crippen molar-refractivity contribution >= 4 is 5.91 Å². The van der Waals surface area contributed by atoms with Crippen LogP contribution in [0.4, 0.5) is 0 Å². The Labute approximate surface area is 162 Å². The van der Waals surface area contributed by atoms with Gasteiger partial charge in [-0.2, -0.15) is 4.98 Å². The summed E-state index contributed by atoms with van der Waals surface area (Å²) >= 11 is 0. The molecular formula is C19H25N5O4. The van der Waals surface area contributed by atoms with Crippen molar-refractivity contribution in [1.82, 2.24) is 24.9 Å². The van der Waals surface area contributed by atoms with E-state index in [1.165, 1.54) is 6.92 Å². The highest BCUT2D eigenvalue weighted by atomic mass is 16.5. The van der Waals surface area contributed by atoms with Gasteiger partial charge in [-0.15, -0.1) is 0 Å². The summed E-state index contributed by atoms with van der Waals surface area (Å²) in [7, 11) is 1.59. The molecule has 150 valence electrons. The van der Waals surface area contributed by atoms with Crippen LogP contribution < -0.4 is 10.9 Å². The van der Waals surface area contributed by atoms with Gasteiger partial charge in [0.2, 0.25) is 11.8 Å². The van der Waals surface area contributed by atoms with Crippen LogP contribution in [0.25, 0.3) is 0 Å². The van der Waals surface area contributed by atoms with Crippen molar-refractivity contribution in [1.29, 1.82) is 0 Å². The first-order valence-corrected chi connectivity index (χ1v) is 9.53. The Kier molecular flexibility index (Phi) is 5.27. The predicted molar refractivity (Wildman–Crippen MR) is 99.6 cm³/mol. The zero-order valence-corrected chi connectivity index (χ0v) is 16.1. The highest BCUT2D eigenvalue weighted by Gasteiger charge is 2.40. The highest BCUT2D eigenvalue weighted by molar-refractivity contribution is 5.72. The normalized spacial score (nSPS) is 24.0. The van der Waals surface area contributed by atoms with Gasteiger partial charge in [0.15, 0.2) is 5.82 Å². The minimum Gasteiger partial charge on any atom is -0.377 e. The lowest BCUT2D eigenvalue weighted by Crippen LogP contribution is -2.51. The first-order chi connectivity index (χ1) is 13.5. The van der Waals surface area contributed by atoms with E-state index in [4.69, 9.17) is 9.26 Å². The second-order valence-electron chi connectivity index (χ2n) is 7.59. The lowest BCUT2D eigenvalue weighted by atomic mass is 9.78. The van der Waals surface area contributed by atoms with Crippen LogP contribution >= 0.6 is 0 Å². The number of carbonyl (C=O) groups excluding carboxylic acids is 1. The Balaban J connectivity index is 1.57. The van der Waals surface area contributed by atoms with Gasteiger partial charge >= 0.3 is 0 Å². The molecule has 9 nitrogen and oxygen atoms in total. The largest absolute Gasteiger partial charge is 0.377 e. The molecule has 0 aliphatic carbocycles. The standard InChI is InChI=1S/C19H25N5O4/c1-12(25)20-7-16-14-6-13(15-4-3-5-19(26)24(15)16)8-23(9-14)10-18-21-17(11-27-2)22-28-18/h3-5,13-14,16H,6-11H2,1-2H3,(H,20,25)/t13-,14+,16+/m1/s1. The van der Waals surface area contributed by atoms with Crippen molar-refractivity contribution in [2.45, 2.75) is 38.5 Å². The molecule has 1 fully saturated rings. The van der Waals surface area contributed by atoms with Gasteiger partial charge in [-0.25, -0.2) is 0 Å². The summed E-state index contributed by atoms with van der Waals surface area (Å²) in [6, 6.07) is 5.38. The van der Waals surface area contributed by atoms with Gasteiger partial charge in [0, 0.05) is 51.3 Å². The topological polar surface area (TPSA) is 102 Å². The molecule has 3 atom stereocenters. The summed E-state index contributed by atoms with van der Waals surface area (Å²) in [5.41, 5.74) is 1.03. The number of hydrogen-bond acceptors (Lipinski definition) is 7. The van der Waals surface area contributed by atoms with Crippen LogP contribution in [0.3, 0.4) is 0 Å². The Hall–Kier alpha value is -2.52. The van der Waals surface area contributed by atoms with Crippen molar-refractivity contribution in [3.8, 4) is 0 Å². The first kappa shape index (κ1) is 18.8. The maximum absolute atomic E-state index is 12.6. The van der Waals surface area contributed by atoms with Gasteiger partial charge in [0.1, 0.15) is 6.61 Å². The van der Waals surface area contributed by atoms with Gasteiger partial charge in [0.05, 0.1) is 12.6 Å². The third-order valence-corrected chi connectivity index (χ3v) is 5.58. The average Bonchev–Trinajstić information content (AvgIpc) is 3.09. The van der Waals surface area contributed by atoms with Crippen molar-refractivity contribution in [3.63, 3.8) is 0 Å². The molecule has 0 aromatic carbocycles. The van der Waals surface area contributed by atoms with Gasteiger partial charge < -0.3 is 19.1 Å². The van der Waals surface area contributed by atoms with Crippen LogP contribution in [0.15, 0.2) is 27.5 Å². The van der Waals surface area contributed by atoms with Crippen molar-refractivity contribution in [2.75, 3.05) is 26.7 Å². The number of nitrogens with one attached hydrogen (secondary N) is 1. The van der Waals surface area contributed by atoms with E-state index < -0.39 is 0 Å². The number of hydrogen-bond donors (Lipinski definition) is 1.